The van der Waals surface area contributed by atoms with Crippen molar-refractivity contribution in [2.45, 2.75) is 62.8 Å². The number of Topliss-reactive ketones (excluding diaryl/α,β-unsaturated/α-hetero) is 1. The fourth-order valence-corrected chi connectivity index (χ4v) is 3.78. The van der Waals surface area contributed by atoms with Crippen molar-refractivity contribution in [3.63, 3.8) is 0 Å². The standard InChI is InChI=1S/C24H30O10/c25-15(5-1-13-3-7-17(26)19(28)9-13)11-16(6-2-14-4-8-18(27)20(29)10-14)34-21-12-33-24(32)23(31)22(21)30/h3-4,7-10,16,21-24,26-32H,1-2,5-6,11-12H2/t16?,21-,22+,23-,24?/m1/s1. The van der Waals surface area contributed by atoms with Crippen LogP contribution >= 0.6 is 0 Å². The number of hydrogen-bond donors (Lipinski definition) is 7. The maximum absolute atomic E-state index is 12.7. The zero-order valence-electron chi connectivity index (χ0n) is 18.4. The number of aryl methyl sites for hydroxylation is 2. The van der Waals surface area contributed by atoms with Gasteiger partial charge in [0.15, 0.2) is 29.3 Å². The van der Waals surface area contributed by atoms with E-state index in [1.54, 1.807) is 12.1 Å². The monoisotopic (exact) mass is 478 g/mol. The third kappa shape index (κ3) is 6.81. The molecule has 0 aliphatic carbocycles. The van der Waals surface area contributed by atoms with Gasteiger partial charge >= 0.3 is 0 Å². The number of ketones is 1. The smallest absolute Gasteiger partial charge is 0.183 e. The van der Waals surface area contributed by atoms with Gasteiger partial charge in [-0.25, -0.2) is 0 Å². The van der Waals surface area contributed by atoms with Crippen LogP contribution in [-0.4, -0.2) is 78.8 Å². The molecule has 1 heterocycles. The molecule has 0 spiro atoms. The molecule has 5 atom stereocenters. The van der Waals surface area contributed by atoms with E-state index in [9.17, 15) is 40.5 Å². The lowest BCUT2D eigenvalue weighted by Crippen LogP contribution is -2.54. The van der Waals surface area contributed by atoms with Crippen LogP contribution in [-0.2, 0) is 27.1 Å². The van der Waals surface area contributed by atoms with Crippen molar-refractivity contribution < 1.29 is 50.0 Å². The van der Waals surface area contributed by atoms with Gasteiger partial charge in [0, 0.05) is 12.8 Å². The predicted octanol–water partition coefficient (Wildman–Crippen LogP) is 0.858. The number of ether oxygens (including phenoxy) is 2. The molecule has 186 valence electrons. The number of carbonyl (C=O) groups is 1. The summed E-state index contributed by atoms with van der Waals surface area (Å²) in [7, 11) is 0. The lowest BCUT2D eigenvalue weighted by Gasteiger charge is -2.36. The van der Waals surface area contributed by atoms with Crippen molar-refractivity contribution in [1.29, 1.82) is 0 Å². The second-order valence-corrected chi connectivity index (χ2v) is 8.43. The summed E-state index contributed by atoms with van der Waals surface area (Å²) in [5.74, 6) is -1.17. The zero-order valence-corrected chi connectivity index (χ0v) is 18.4. The summed E-state index contributed by atoms with van der Waals surface area (Å²) >= 11 is 0. The van der Waals surface area contributed by atoms with Gasteiger partial charge in [-0.1, -0.05) is 12.1 Å². The quantitative estimate of drug-likeness (QED) is 0.242. The van der Waals surface area contributed by atoms with Crippen molar-refractivity contribution in [2.75, 3.05) is 6.61 Å². The Labute approximate surface area is 196 Å². The molecule has 3 rings (SSSR count). The van der Waals surface area contributed by atoms with Gasteiger partial charge in [-0.05, 0) is 54.7 Å². The Balaban J connectivity index is 1.63. The second kappa shape index (κ2) is 11.5. The van der Waals surface area contributed by atoms with E-state index < -0.39 is 30.7 Å². The van der Waals surface area contributed by atoms with Gasteiger partial charge in [-0.2, -0.15) is 0 Å². The van der Waals surface area contributed by atoms with Crippen LogP contribution in [0.2, 0.25) is 0 Å². The first-order chi connectivity index (χ1) is 16.1. The van der Waals surface area contributed by atoms with E-state index >= 15 is 0 Å². The molecule has 1 aliphatic heterocycles. The fourth-order valence-electron chi connectivity index (χ4n) is 3.78. The predicted molar refractivity (Wildman–Crippen MR) is 118 cm³/mol. The Morgan fingerprint density at radius 2 is 1.47 bits per heavy atom. The molecular weight excluding hydrogens is 448 g/mol. The summed E-state index contributed by atoms with van der Waals surface area (Å²) in [6.07, 6.45) is -4.90. The number of benzene rings is 2. The molecule has 34 heavy (non-hydrogen) atoms. The fraction of sp³-hybridized carbons (Fsp3) is 0.458. The Morgan fingerprint density at radius 1 is 0.882 bits per heavy atom. The highest BCUT2D eigenvalue weighted by Gasteiger charge is 2.39. The summed E-state index contributed by atoms with van der Waals surface area (Å²) in [5.41, 5.74) is 1.38. The Morgan fingerprint density at radius 3 is 2.06 bits per heavy atom. The van der Waals surface area contributed by atoms with Gasteiger partial charge in [0.25, 0.3) is 0 Å². The molecule has 2 unspecified atom stereocenters. The third-order valence-corrected chi connectivity index (χ3v) is 5.80. The van der Waals surface area contributed by atoms with Gasteiger partial charge < -0.3 is 45.2 Å². The van der Waals surface area contributed by atoms with Crippen LogP contribution in [0.25, 0.3) is 0 Å². The highest BCUT2D eigenvalue weighted by molar-refractivity contribution is 5.79. The first-order valence-electron chi connectivity index (χ1n) is 11.0. The van der Waals surface area contributed by atoms with Crippen LogP contribution < -0.4 is 0 Å². The molecule has 10 heteroatoms. The zero-order chi connectivity index (χ0) is 24.8. The van der Waals surface area contributed by atoms with Crippen molar-refractivity contribution in [1.82, 2.24) is 0 Å². The van der Waals surface area contributed by atoms with E-state index in [1.165, 1.54) is 24.3 Å². The van der Waals surface area contributed by atoms with Crippen molar-refractivity contribution in [3.05, 3.63) is 47.5 Å². The van der Waals surface area contributed by atoms with Crippen LogP contribution in [0.1, 0.15) is 30.4 Å². The van der Waals surface area contributed by atoms with Gasteiger partial charge in [-0.3, -0.25) is 4.79 Å². The average Bonchev–Trinajstić information content (AvgIpc) is 2.80. The van der Waals surface area contributed by atoms with Gasteiger partial charge in [-0.15, -0.1) is 0 Å². The average molecular weight is 478 g/mol. The SMILES string of the molecule is O=C(CCc1ccc(O)c(O)c1)CC(CCc1ccc(O)c(O)c1)O[C@@H]1COC(O)[C@H](O)[C@H]1O. The second-order valence-electron chi connectivity index (χ2n) is 8.43. The van der Waals surface area contributed by atoms with Crippen LogP contribution in [0.4, 0.5) is 0 Å². The molecule has 1 fully saturated rings. The lowest BCUT2D eigenvalue weighted by atomic mass is 9.98. The number of aliphatic hydroxyl groups is 3. The molecule has 0 saturated carbocycles. The number of aliphatic hydroxyl groups excluding tert-OH is 3. The number of phenolic OH excluding ortho intramolecular Hbond substituents is 4. The maximum Gasteiger partial charge on any atom is 0.183 e. The summed E-state index contributed by atoms with van der Waals surface area (Å²) in [6, 6.07) is 8.73. The van der Waals surface area contributed by atoms with Crippen LogP contribution in [0.3, 0.4) is 0 Å². The molecule has 0 amide bonds. The van der Waals surface area contributed by atoms with Crippen LogP contribution in [0, 0.1) is 0 Å². The molecule has 0 bridgehead atoms. The van der Waals surface area contributed by atoms with E-state index in [1.807, 2.05) is 0 Å². The molecule has 2 aromatic rings. The summed E-state index contributed by atoms with van der Waals surface area (Å²) in [5, 5.41) is 67.9. The first-order valence-corrected chi connectivity index (χ1v) is 11.0. The third-order valence-electron chi connectivity index (χ3n) is 5.80. The highest BCUT2D eigenvalue weighted by Crippen LogP contribution is 2.28. The number of hydrogen-bond acceptors (Lipinski definition) is 10. The largest absolute Gasteiger partial charge is 0.504 e. The van der Waals surface area contributed by atoms with E-state index in [4.69, 9.17) is 9.47 Å². The van der Waals surface area contributed by atoms with Crippen molar-refractivity contribution in [2.24, 2.45) is 0 Å². The number of rotatable bonds is 10. The summed E-state index contributed by atoms with van der Waals surface area (Å²) in [4.78, 5) is 12.7. The molecule has 1 aliphatic rings. The molecule has 0 aromatic heterocycles. The van der Waals surface area contributed by atoms with E-state index in [2.05, 4.69) is 0 Å². The van der Waals surface area contributed by atoms with Gasteiger partial charge in [0.05, 0.1) is 12.7 Å². The van der Waals surface area contributed by atoms with E-state index in [0.29, 0.717) is 30.4 Å². The molecule has 7 N–H and O–H groups in total. The normalized spacial score (nSPS) is 23.5. The summed E-state index contributed by atoms with van der Waals surface area (Å²) in [6.45, 7) is -0.170. The Hall–Kier alpha value is -2.89. The number of aromatic hydroxyl groups is 4. The lowest BCUT2D eigenvalue weighted by molar-refractivity contribution is -0.266. The Bertz CT molecular complexity index is 978. The minimum atomic E-state index is -1.55. The van der Waals surface area contributed by atoms with Crippen LogP contribution in [0.15, 0.2) is 36.4 Å². The minimum Gasteiger partial charge on any atom is -0.504 e. The summed E-state index contributed by atoms with van der Waals surface area (Å²) < 4.78 is 10.9. The van der Waals surface area contributed by atoms with Crippen LogP contribution in [0.5, 0.6) is 23.0 Å². The van der Waals surface area contributed by atoms with Gasteiger partial charge in [0.2, 0.25) is 0 Å². The highest BCUT2D eigenvalue weighted by atomic mass is 16.6. The first kappa shape index (κ1) is 25.7. The molecule has 0 radical (unpaired) electrons. The topological polar surface area (TPSA) is 177 Å². The van der Waals surface area contributed by atoms with E-state index in [-0.39, 0.29) is 48.2 Å². The Kier molecular flexibility index (Phi) is 8.70. The van der Waals surface area contributed by atoms with E-state index in [0.717, 1.165) is 0 Å². The number of carbonyl (C=O) groups excluding carboxylic acids is 1. The molecule has 1 saturated heterocycles. The van der Waals surface area contributed by atoms with Gasteiger partial charge in [0.1, 0.15) is 24.1 Å². The van der Waals surface area contributed by atoms with Crippen molar-refractivity contribution in [3.8, 4) is 23.0 Å². The molecule has 2 aromatic carbocycles. The molecular formula is C24H30O10. The minimum absolute atomic E-state index is 0.00397. The van der Waals surface area contributed by atoms with Crippen molar-refractivity contribution >= 4 is 5.78 Å². The molecule has 10 nitrogen and oxygen atoms in total. The maximum atomic E-state index is 12.7. The number of phenols is 4.